The molecule has 1 aliphatic heterocycles. The second kappa shape index (κ2) is 6.10. The van der Waals surface area contributed by atoms with Crippen molar-refractivity contribution in [3.63, 3.8) is 0 Å². The molecule has 106 valence electrons. The van der Waals surface area contributed by atoms with Gasteiger partial charge < -0.3 is 5.32 Å². The molecule has 0 radical (unpaired) electrons. The van der Waals surface area contributed by atoms with E-state index in [9.17, 15) is 8.42 Å². The van der Waals surface area contributed by atoms with Crippen LogP contribution in [0.1, 0.15) is 12.8 Å². The van der Waals surface area contributed by atoms with Gasteiger partial charge in [0, 0.05) is 17.6 Å². The van der Waals surface area contributed by atoms with Crippen molar-refractivity contribution in [2.45, 2.75) is 23.8 Å². The summed E-state index contributed by atoms with van der Waals surface area (Å²) in [7, 11) is -1.95. The third-order valence-electron chi connectivity index (χ3n) is 3.38. The number of benzene rings is 1. The molecule has 19 heavy (non-hydrogen) atoms. The topological polar surface area (TPSA) is 49.4 Å². The molecule has 1 aromatic rings. The van der Waals surface area contributed by atoms with Crippen molar-refractivity contribution in [1.82, 2.24) is 9.62 Å². The average molecular weight is 368 g/mol. The molecular formula is C12H16BrClN2O2S. The number of hydrogen-bond acceptors (Lipinski definition) is 3. The van der Waals surface area contributed by atoms with E-state index in [1.807, 2.05) is 0 Å². The van der Waals surface area contributed by atoms with Gasteiger partial charge in [0.2, 0.25) is 10.0 Å². The summed E-state index contributed by atoms with van der Waals surface area (Å²) in [6.45, 7) is 1.68. The first-order valence-corrected chi connectivity index (χ1v) is 8.68. The molecule has 0 atom stereocenters. The quantitative estimate of drug-likeness (QED) is 0.893. The van der Waals surface area contributed by atoms with E-state index in [0.717, 1.165) is 25.9 Å². The third-order valence-corrected chi connectivity index (χ3v) is 6.74. The van der Waals surface area contributed by atoms with Gasteiger partial charge in [-0.25, -0.2) is 8.42 Å². The van der Waals surface area contributed by atoms with Crippen LogP contribution in [0.3, 0.4) is 0 Å². The number of sulfonamides is 1. The molecule has 0 amide bonds. The highest BCUT2D eigenvalue weighted by Crippen LogP contribution is 2.32. The predicted octanol–water partition coefficient (Wildman–Crippen LogP) is 2.48. The predicted molar refractivity (Wildman–Crippen MR) is 80.0 cm³/mol. The first kappa shape index (κ1) is 15.3. The van der Waals surface area contributed by atoms with Crippen LogP contribution >= 0.6 is 27.5 Å². The normalized spacial score (nSPS) is 17.9. The molecule has 0 unspecified atom stereocenters. The molecule has 0 aliphatic carbocycles. The van der Waals surface area contributed by atoms with Crippen LogP contribution in [-0.2, 0) is 10.0 Å². The summed E-state index contributed by atoms with van der Waals surface area (Å²) in [4.78, 5) is 0.151. The van der Waals surface area contributed by atoms with Crippen LogP contribution in [0.5, 0.6) is 0 Å². The second-order valence-corrected chi connectivity index (χ2v) is 7.75. The summed E-state index contributed by atoms with van der Waals surface area (Å²) in [6, 6.07) is 5.02. The highest BCUT2D eigenvalue weighted by atomic mass is 79.9. The largest absolute Gasteiger partial charge is 0.317 e. The van der Waals surface area contributed by atoms with Gasteiger partial charge in [0.1, 0.15) is 4.90 Å². The molecule has 0 aromatic heterocycles. The third kappa shape index (κ3) is 3.13. The molecule has 1 saturated heterocycles. The van der Waals surface area contributed by atoms with Crippen molar-refractivity contribution in [2.24, 2.45) is 0 Å². The summed E-state index contributed by atoms with van der Waals surface area (Å²) < 4.78 is 27.3. The Bertz CT molecular complexity index is 539. The zero-order valence-electron chi connectivity index (χ0n) is 10.6. The molecule has 4 nitrogen and oxygen atoms in total. The SMILES string of the molecule is CN(C1CCNCC1)S(=O)(=O)c1c(Cl)cccc1Br. The molecule has 7 heteroatoms. The van der Waals surface area contributed by atoms with Gasteiger partial charge in [-0.05, 0) is 54.0 Å². The van der Waals surface area contributed by atoms with Crippen molar-refractivity contribution < 1.29 is 8.42 Å². The molecule has 0 saturated carbocycles. The van der Waals surface area contributed by atoms with E-state index in [2.05, 4.69) is 21.2 Å². The molecule has 0 spiro atoms. The van der Waals surface area contributed by atoms with Crippen molar-refractivity contribution in [2.75, 3.05) is 20.1 Å². The van der Waals surface area contributed by atoms with Gasteiger partial charge in [-0.3, -0.25) is 0 Å². The summed E-state index contributed by atoms with van der Waals surface area (Å²) in [6.07, 6.45) is 1.63. The van der Waals surface area contributed by atoms with Gasteiger partial charge in [0.05, 0.1) is 5.02 Å². The average Bonchev–Trinajstić information content (AvgIpc) is 2.38. The zero-order valence-corrected chi connectivity index (χ0v) is 13.7. The fraction of sp³-hybridized carbons (Fsp3) is 0.500. The first-order chi connectivity index (χ1) is 8.94. The molecule has 1 fully saturated rings. The Morgan fingerprint density at radius 3 is 2.58 bits per heavy atom. The lowest BCUT2D eigenvalue weighted by atomic mass is 10.1. The van der Waals surface area contributed by atoms with Crippen LogP contribution in [-0.4, -0.2) is 38.9 Å². The lowest BCUT2D eigenvalue weighted by Gasteiger charge is -2.31. The molecule has 2 rings (SSSR count). The van der Waals surface area contributed by atoms with Crippen LogP contribution in [0.15, 0.2) is 27.6 Å². The minimum atomic E-state index is -3.57. The monoisotopic (exact) mass is 366 g/mol. The van der Waals surface area contributed by atoms with Crippen LogP contribution < -0.4 is 5.32 Å². The lowest BCUT2D eigenvalue weighted by Crippen LogP contribution is -2.44. The fourth-order valence-electron chi connectivity index (χ4n) is 2.24. The number of halogens is 2. The second-order valence-electron chi connectivity index (χ2n) is 4.55. The number of nitrogens with one attached hydrogen (secondary N) is 1. The van der Waals surface area contributed by atoms with Gasteiger partial charge in [-0.1, -0.05) is 17.7 Å². The first-order valence-electron chi connectivity index (χ1n) is 6.07. The van der Waals surface area contributed by atoms with E-state index in [4.69, 9.17) is 11.6 Å². The van der Waals surface area contributed by atoms with Crippen LogP contribution in [0, 0.1) is 0 Å². The van der Waals surface area contributed by atoms with Crippen LogP contribution in [0.4, 0.5) is 0 Å². The Morgan fingerprint density at radius 1 is 1.37 bits per heavy atom. The molecule has 1 aromatic carbocycles. The zero-order chi connectivity index (χ0) is 14.0. The van der Waals surface area contributed by atoms with E-state index >= 15 is 0 Å². The van der Waals surface area contributed by atoms with E-state index in [-0.39, 0.29) is 16.0 Å². The number of hydrogen-bond donors (Lipinski definition) is 1. The number of rotatable bonds is 3. The highest BCUT2D eigenvalue weighted by molar-refractivity contribution is 9.10. The Labute approximate surface area is 127 Å². The van der Waals surface area contributed by atoms with E-state index in [0.29, 0.717) is 4.47 Å². The molecule has 1 N–H and O–H groups in total. The van der Waals surface area contributed by atoms with Gasteiger partial charge in [0.25, 0.3) is 0 Å². The minimum Gasteiger partial charge on any atom is -0.317 e. The summed E-state index contributed by atoms with van der Waals surface area (Å²) >= 11 is 9.32. The van der Waals surface area contributed by atoms with Gasteiger partial charge >= 0.3 is 0 Å². The molecular weight excluding hydrogens is 352 g/mol. The molecule has 1 heterocycles. The molecule has 1 aliphatic rings. The lowest BCUT2D eigenvalue weighted by molar-refractivity contribution is 0.296. The standard InChI is InChI=1S/C12H16BrClN2O2S/c1-16(9-5-7-15-8-6-9)19(17,18)12-10(13)3-2-4-11(12)14/h2-4,9,15H,5-8H2,1H3. The van der Waals surface area contributed by atoms with Gasteiger partial charge in [0.15, 0.2) is 0 Å². The highest BCUT2D eigenvalue weighted by Gasteiger charge is 2.31. The summed E-state index contributed by atoms with van der Waals surface area (Å²) in [5.41, 5.74) is 0. The van der Waals surface area contributed by atoms with Gasteiger partial charge in [-0.15, -0.1) is 0 Å². The van der Waals surface area contributed by atoms with E-state index in [1.165, 1.54) is 4.31 Å². The number of piperidine rings is 1. The summed E-state index contributed by atoms with van der Waals surface area (Å²) in [5, 5.41) is 3.47. The Kier molecular flexibility index (Phi) is 4.89. The Morgan fingerprint density at radius 2 is 2.00 bits per heavy atom. The smallest absolute Gasteiger partial charge is 0.245 e. The van der Waals surface area contributed by atoms with Crippen molar-refractivity contribution in [1.29, 1.82) is 0 Å². The maximum atomic E-state index is 12.7. The minimum absolute atomic E-state index is 0.0226. The van der Waals surface area contributed by atoms with Crippen molar-refractivity contribution in [3.8, 4) is 0 Å². The maximum absolute atomic E-state index is 12.7. The van der Waals surface area contributed by atoms with Crippen LogP contribution in [0.2, 0.25) is 5.02 Å². The summed E-state index contributed by atoms with van der Waals surface area (Å²) in [5.74, 6) is 0. The van der Waals surface area contributed by atoms with E-state index in [1.54, 1.807) is 25.2 Å². The van der Waals surface area contributed by atoms with Crippen molar-refractivity contribution in [3.05, 3.63) is 27.7 Å². The van der Waals surface area contributed by atoms with E-state index < -0.39 is 10.0 Å². The van der Waals surface area contributed by atoms with Crippen molar-refractivity contribution >= 4 is 37.6 Å². The molecule has 0 bridgehead atoms. The fourth-order valence-corrected chi connectivity index (χ4v) is 5.32. The Balaban J connectivity index is 2.36. The Hall–Kier alpha value is -0.140. The number of nitrogens with zero attached hydrogens (tertiary/aromatic N) is 1. The maximum Gasteiger partial charge on any atom is 0.245 e. The van der Waals surface area contributed by atoms with Gasteiger partial charge in [-0.2, -0.15) is 4.31 Å². The van der Waals surface area contributed by atoms with Crippen LogP contribution in [0.25, 0.3) is 0 Å².